The van der Waals surface area contributed by atoms with Crippen molar-refractivity contribution in [3.05, 3.63) is 59.4 Å². The molecule has 1 aliphatic heterocycles. The molecular formula is C22H26N6O. The predicted octanol–water partition coefficient (Wildman–Crippen LogP) is 3.47. The molecule has 3 heterocycles. The third-order valence-electron chi connectivity index (χ3n) is 5.69. The average Bonchev–Trinajstić information content (AvgIpc) is 3.23. The first-order valence-corrected chi connectivity index (χ1v) is 9.80. The topological polar surface area (TPSA) is 111 Å². The molecule has 4 rings (SSSR count). The summed E-state index contributed by atoms with van der Waals surface area (Å²) in [6.45, 7) is 6.58. The van der Waals surface area contributed by atoms with E-state index in [1.807, 2.05) is 6.07 Å². The van der Waals surface area contributed by atoms with Crippen molar-refractivity contribution in [3.63, 3.8) is 0 Å². The predicted molar refractivity (Wildman–Crippen MR) is 115 cm³/mol. The molecule has 0 unspecified atom stereocenters. The number of nitrogen functional groups attached to an aromatic ring is 1. The molecule has 1 amide bonds. The molecule has 150 valence electrons. The summed E-state index contributed by atoms with van der Waals surface area (Å²) in [5.41, 5.74) is 8.86. The van der Waals surface area contributed by atoms with Gasteiger partial charge in [0, 0.05) is 46.6 Å². The van der Waals surface area contributed by atoms with Crippen molar-refractivity contribution >= 4 is 28.5 Å². The molecule has 1 aliphatic rings. The number of likely N-dealkylation sites (tertiary alicyclic amines) is 1. The lowest BCUT2D eigenvalue weighted by Crippen LogP contribution is -2.37. The number of hydrogen-bond acceptors (Lipinski definition) is 4. The molecule has 0 saturated carbocycles. The molecule has 2 aromatic heterocycles. The molecule has 0 radical (unpaired) electrons. The SMILES string of the molecule is CC1(C)CCCN1Cc1cc2cnc(NC(=O)c3ccc(C(=N)N)cc3)cc2[nH]1. The van der Waals surface area contributed by atoms with Crippen LogP contribution in [0, 0.1) is 5.41 Å². The van der Waals surface area contributed by atoms with Gasteiger partial charge in [0.1, 0.15) is 11.7 Å². The number of aromatic amines is 1. The number of benzene rings is 1. The summed E-state index contributed by atoms with van der Waals surface area (Å²) in [5.74, 6) is 0.217. The molecule has 0 bridgehead atoms. The van der Waals surface area contributed by atoms with Crippen molar-refractivity contribution in [3.8, 4) is 0 Å². The van der Waals surface area contributed by atoms with Gasteiger partial charge in [-0.2, -0.15) is 0 Å². The van der Waals surface area contributed by atoms with Crippen molar-refractivity contribution in [2.24, 2.45) is 5.73 Å². The zero-order valence-electron chi connectivity index (χ0n) is 16.7. The monoisotopic (exact) mass is 390 g/mol. The van der Waals surface area contributed by atoms with Crippen LogP contribution in [0.1, 0.15) is 48.3 Å². The number of aromatic nitrogens is 2. The lowest BCUT2D eigenvalue weighted by atomic mass is 10.0. The average molecular weight is 390 g/mol. The van der Waals surface area contributed by atoms with Crippen LogP contribution in [0.4, 0.5) is 5.82 Å². The van der Waals surface area contributed by atoms with Crippen LogP contribution in [0.5, 0.6) is 0 Å². The lowest BCUT2D eigenvalue weighted by molar-refractivity contribution is 0.102. The van der Waals surface area contributed by atoms with E-state index in [0.717, 1.165) is 29.7 Å². The second-order valence-electron chi connectivity index (χ2n) is 8.23. The first kappa shape index (κ1) is 19.1. The maximum atomic E-state index is 12.5. The van der Waals surface area contributed by atoms with Gasteiger partial charge in [-0.05, 0) is 51.4 Å². The summed E-state index contributed by atoms with van der Waals surface area (Å²) in [4.78, 5) is 22.8. The number of carbonyl (C=O) groups excluding carboxylic acids is 1. The van der Waals surface area contributed by atoms with Gasteiger partial charge in [0.2, 0.25) is 0 Å². The fourth-order valence-corrected chi connectivity index (χ4v) is 3.89. The van der Waals surface area contributed by atoms with Crippen molar-refractivity contribution < 1.29 is 4.79 Å². The largest absolute Gasteiger partial charge is 0.384 e. The first-order valence-electron chi connectivity index (χ1n) is 9.80. The molecule has 7 nitrogen and oxygen atoms in total. The van der Waals surface area contributed by atoms with Crippen LogP contribution in [-0.2, 0) is 6.54 Å². The Kier molecular flexibility index (Phi) is 4.84. The van der Waals surface area contributed by atoms with E-state index in [0.29, 0.717) is 16.9 Å². The standard InChI is InChI=1S/C22H26N6O/c1-22(2)8-3-9-28(22)13-17-10-16-12-25-19(11-18(16)26-17)27-21(29)15-6-4-14(5-7-15)20(23)24/h4-7,10-12,26H,3,8-9,13H2,1-2H3,(H3,23,24)(H,25,27,29). The molecule has 0 spiro atoms. The van der Waals surface area contributed by atoms with Gasteiger partial charge in [-0.1, -0.05) is 12.1 Å². The number of pyridine rings is 1. The normalized spacial score (nSPS) is 16.2. The number of nitrogens with two attached hydrogens (primary N) is 1. The minimum atomic E-state index is -0.252. The van der Waals surface area contributed by atoms with Crippen LogP contribution >= 0.6 is 0 Å². The summed E-state index contributed by atoms with van der Waals surface area (Å²) < 4.78 is 0. The van der Waals surface area contributed by atoms with E-state index in [9.17, 15) is 4.79 Å². The minimum Gasteiger partial charge on any atom is -0.384 e. The Morgan fingerprint density at radius 2 is 2.00 bits per heavy atom. The van der Waals surface area contributed by atoms with E-state index in [-0.39, 0.29) is 17.3 Å². The highest BCUT2D eigenvalue weighted by Crippen LogP contribution is 2.30. The van der Waals surface area contributed by atoms with Crippen molar-refractivity contribution in [2.45, 2.75) is 38.8 Å². The molecule has 7 heteroatoms. The number of amidine groups is 1. The van der Waals surface area contributed by atoms with Gasteiger partial charge in [-0.15, -0.1) is 0 Å². The highest BCUT2D eigenvalue weighted by atomic mass is 16.1. The number of carbonyl (C=O) groups is 1. The smallest absolute Gasteiger partial charge is 0.256 e. The summed E-state index contributed by atoms with van der Waals surface area (Å²) in [5, 5.41) is 11.3. The Hall–Kier alpha value is -3.19. The molecular weight excluding hydrogens is 364 g/mol. The van der Waals surface area contributed by atoms with E-state index in [1.165, 1.54) is 12.8 Å². The molecule has 1 saturated heterocycles. The number of amides is 1. The first-order chi connectivity index (χ1) is 13.8. The maximum Gasteiger partial charge on any atom is 0.256 e. The lowest BCUT2D eigenvalue weighted by Gasteiger charge is -2.31. The summed E-state index contributed by atoms with van der Waals surface area (Å²) in [7, 11) is 0. The fraction of sp³-hybridized carbons (Fsp3) is 0.318. The number of nitrogens with zero attached hydrogens (tertiary/aromatic N) is 2. The second-order valence-corrected chi connectivity index (χ2v) is 8.23. The van der Waals surface area contributed by atoms with Gasteiger partial charge in [0.25, 0.3) is 5.91 Å². The van der Waals surface area contributed by atoms with E-state index < -0.39 is 0 Å². The van der Waals surface area contributed by atoms with Crippen molar-refractivity contribution in [2.75, 3.05) is 11.9 Å². The van der Waals surface area contributed by atoms with Gasteiger partial charge in [-0.3, -0.25) is 15.1 Å². The number of H-pyrrole nitrogens is 1. The Morgan fingerprint density at radius 3 is 2.66 bits per heavy atom. The molecule has 0 atom stereocenters. The van der Waals surface area contributed by atoms with E-state index in [2.05, 4.69) is 40.1 Å². The van der Waals surface area contributed by atoms with E-state index in [1.54, 1.807) is 30.5 Å². The van der Waals surface area contributed by atoms with Crippen molar-refractivity contribution in [1.29, 1.82) is 5.41 Å². The third-order valence-corrected chi connectivity index (χ3v) is 5.69. The summed E-state index contributed by atoms with van der Waals surface area (Å²) >= 11 is 0. The molecule has 1 fully saturated rings. The Labute approximate surface area is 169 Å². The van der Waals surface area contributed by atoms with Crippen LogP contribution < -0.4 is 11.1 Å². The molecule has 5 N–H and O–H groups in total. The number of hydrogen-bond donors (Lipinski definition) is 4. The van der Waals surface area contributed by atoms with E-state index >= 15 is 0 Å². The number of anilines is 1. The summed E-state index contributed by atoms with van der Waals surface area (Å²) in [6, 6.07) is 10.6. The molecule has 1 aromatic carbocycles. The molecule has 29 heavy (non-hydrogen) atoms. The fourth-order valence-electron chi connectivity index (χ4n) is 3.89. The van der Waals surface area contributed by atoms with Crippen LogP contribution in [0.25, 0.3) is 10.9 Å². The molecule has 0 aliphatic carbocycles. The Bertz CT molecular complexity index is 1070. The number of rotatable bonds is 5. The quantitative estimate of drug-likeness (QED) is 0.395. The zero-order valence-corrected chi connectivity index (χ0v) is 16.7. The van der Waals surface area contributed by atoms with Crippen molar-refractivity contribution in [1.82, 2.24) is 14.9 Å². The van der Waals surface area contributed by atoms with Crippen LogP contribution in [0.15, 0.2) is 42.6 Å². The Balaban J connectivity index is 1.48. The second kappa shape index (κ2) is 7.33. The Morgan fingerprint density at radius 1 is 1.28 bits per heavy atom. The summed E-state index contributed by atoms with van der Waals surface area (Å²) in [6.07, 6.45) is 4.23. The van der Waals surface area contributed by atoms with Gasteiger partial charge >= 0.3 is 0 Å². The van der Waals surface area contributed by atoms with Gasteiger partial charge in [-0.25, -0.2) is 4.98 Å². The van der Waals surface area contributed by atoms with Gasteiger partial charge in [0.15, 0.2) is 0 Å². The van der Waals surface area contributed by atoms with Gasteiger partial charge < -0.3 is 16.0 Å². The van der Waals surface area contributed by atoms with Crippen LogP contribution in [0.2, 0.25) is 0 Å². The minimum absolute atomic E-state index is 0.0241. The van der Waals surface area contributed by atoms with Crippen LogP contribution in [0.3, 0.4) is 0 Å². The third kappa shape index (κ3) is 4.00. The van der Waals surface area contributed by atoms with E-state index in [4.69, 9.17) is 11.1 Å². The highest BCUT2D eigenvalue weighted by Gasteiger charge is 2.31. The zero-order chi connectivity index (χ0) is 20.6. The molecule has 3 aromatic rings. The maximum absolute atomic E-state index is 12.5. The highest BCUT2D eigenvalue weighted by molar-refractivity contribution is 6.05. The van der Waals surface area contributed by atoms with Crippen LogP contribution in [-0.4, -0.2) is 38.7 Å². The number of nitrogens with one attached hydrogen (secondary N) is 3. The van der Waals surface area contributed by atoms with Gasteiger partial charge in [0.05, 0.1) is 5.52 Å². The number of fused-ring (bicyclic) bond motifs is 1.